The number of anilines is 2. The fraction of sp³-hybridized carbons (Fsp3) is 0.385. The first-order chi connectivity index (χ1) is 14.4. The monoisotopic (exact) mass is 400 g/mol. The number of allylic oxidation sites excluding steroid dienone is 1. The summed E-state index contributed by atoms with van der Waals surface area (Å²) in [7, 11) is 0. The molecule has 0 amide bonds. The zero-order valence-corrected chi connectivity index (χ0v) is 18.0. The number of benzene rings is 2. The van der Waals surface area contributed by atoms with Crippen LogP contribution in [-0.4, -0.2) is 19.6 Å². The molecule has 3 aromatic carbocycles. The Labute approximate surface area is 177 Å². The van der Waals surface area contributed by atoms with Gasteiger partial charge in [0.15, 0.2) is 0 Å². The Balaban J connectivity index is 1.68. The molecule has 1 fully saturated rings. The Morgan fingerprint density at radius 1 is 0.967 bits per heavy atom. The third-order valence-electron chi connectivity index (χ3n) is 6.94. The predicted molar refractivity (Wildman–Crippen MR) is 125 cm³/mol. The maximum absolute atomic E-state index is 12.6. The molecule has 0 aromatic heterocycles. The summed E-state index contributed by atoms with van der Waals surface area (Å²) in [5.74, 6) is 0. The summed E-state index contributed by atoms with van der Waals surface area (Å²) in [5, 5.41) is 2.48. The molecule has 4 nitrogen and oxygen atoms in total. The molecule has 30 heavy (non-hydrogen) atoms. The summed E-state index contributed by atoms with van der Waals surface area (Å²) in [6.07, 6.45) is 5.37. The van der Waals surface area contributed by atoms with Crippen LogP contribution in [0, 0.1) is 0 Å². The summed E-state index contributed by atoms with van der Waals surface area (Å²) >= 11 is 0. The predicted octanol–water partition coefficient (Wildman–Crippen LogP) is 4.58. The van der Waals surface area contributed by atoms with Crippen molar-refractivity contribution in [1.29, 1.82) is 0 Å². The standard InChI is InChI=1S/C26H28N2O2/c1-4-28-20-13-12-17-10-6-7-11-18(17)22(20)26(2,3)21(28)16-19-23(25(30)24(19)29)27-14-8-5-9-15-27/h6-7,10-13,16H,4-5,8-9,14-15H2,1-3H3/b21-16-. The van der Waals surface area contributed by atoms with E-state index in [1.807, 2.05) is 6.08 Å². The van der Waals surface area contributed by atoms with E-state index in [4.69, 9.17) is 0 Å². The Morgan fingerprint density at radius 3 is 2.43 bits per heavy atom. The van der Waals surface area contributed by atoms with E-state index in [0.29, 0.717) is 11.3 Å². The van der Waals surface area contributed by atoms with Crippen LogP contribution in [-0.2, 0) is 5.41 Å². The first kappa shape index (κ1) is 19.1. The number of hydrogen-bond donors (Lipinski definition) is 0. The van der Waals surface area contributed by atoms with Crippen LogP contribution in [0.1, 0.15) is 51.2 Å². The summed E-state index contributed by atoms with van der Waals surface area (Å²) < 4.78 is 0. The molecule has 2 aliphatic rings. The number of likely N-dealkylation sites (N-methyl/N-ethyl adjacent to an activating group) is 1. The van der Waals surface area contributed by atoms with Crippen molar-refractivity contribution in [3.63, 3.8) is 0 Å². The first-order valence-electron chi connectivity index (χ1n) is 11.1. The molecular weight excluding hydrogens is 372 g/mol. The van der Waals surface area contributed by atoms with Crippen LogP contribution in [0.5, 0.6) is 0 Å². The molecule has 0 unspecified atom stereocenters. The molecule has 0 N–H and O–H groups in total. The Kier molecular flexibility index (Phi) is 4.35. The minimum absolute atomic E-state index is 0.259. The molecule has 4 heteroatoms. The summed E-state index contributed by atoms with van der Waals surface area (Å²) in [6, 6.07) is 12.9. The van der Waals surface area contributed by atoms with E-state index < -0.39 is 0 Å². The lowest BCUT2D eigenvalue weighted by Gasteiger charge is -2.31. The zero-order chi connectivity index (χ0) is 21.0. The van der Waals surface area contributed by atoms with Crippen molar-refractivity contribution in [3.05, 3.63) is 73.7 Å². The Morgan fingerprint density at radius 2 is 1.70 bits per heavy atom. The molecular formula is C26H28N2O2. The number of nitrogens with zero attached hydrogens (tertiary/aromatic N) is 2. The fourth-order valence-electron chi connectivity index (χ4n) is 5.44. The van der Waals surface area contributed by atoms with E-state index in [1.54, 1.807) is 0 Å². The highest BCUT2D eigenvalue weighted by Gasteiger charge is 2.41. The molecule has 154 valence electrons. The third-order valence-corrected chi connectivity index (χ3v) is 6.94. The fourth-order valence-corrected chi connectivity index (χ4v) is 5.44. The average Bonchev–Trinajstić information content (AvgIpc) is 2.99. The highest BCUT2D eigenvalue weighted by atomic mass is 16.2. The largest absolute Gasteiger partial charge is 0.368 e. The number of rotatable bonds is 3. The second-order valence-corrected chi connectivity index (χ2v) is 9.05. The molecule has 2 aliphatic heterocycles. The van der Waals surface area contributed by atoms with Gasteiger partial charge < -0.3 is 9.80 Å². The number of fused-ring (bicyclic) bond motifs is 3. The van der Waals surface area contributed by atoms with E-state index in [9.17, 15) is 9.59 Å². The van der Waals surface area contributed by atoms with Crippen molar-refractivity contribution in [2.75, 3.05) is 29.4 Å². The quantitative estimate of drug-likeness (QED) is 0.603. The van der Waals surface area contributed by atoms with Gasteiger partial charge in [0.05, 0.1) is 5.56 Å². The van der Waals surface area contributed by atoms with Gasteiger partial charge in [-0.2, -0.15) is 0 Å². The summed E-state index contributed by atoms with van der Waals surface area (Å²) in [5.41, 5.74) is 3.92. The topological polar surface area (TPSA) is 40.6 Å². The van der Waals surface area contributed by atoms with Crippen LogP contribution >= 0.6 is 0 Å². The molecule has 0 spiro atoms. The van der Waals surface area contributed by atoms with Crippen molar-refractivity contribution in [2.24, 2.45) is 0 Å². The van der Waals surface area contributed by atoms with Crippen LogP contribution in [0.3, 0.4) is 0 Å². The number of piperidine rings is 1. The van der Waals surface area contributed by atoms with Crippen LogP contribution in [0.25, 0.3) is 16.8 Å². The highest BCUT2D eigenvalue weighted by Crippen LogP contribution is 2.51. The van der Waals surface area contributed by atoms with Gasteiger partial charge in [0, 0.05) is 36.4 Å². The van der Waals surface area contributed by atoms with E-state index in [2.05, 4.69) is 67.0 Å². The lowest BCUT2D eigenvalue weighted by Crippen LogP contribution is -2.45. The van der Waals surface area contributed by atoms with Crippen LogP contribution in [0.4, 0.5) is 11.4 Å². The van der Waals surface area contributed by atoms with Gasteiger partial charge in [-0.3, -0.25) is 9.59 Å². The van der Waals surface area contributed by atoms with Crippen LogP contribution < -0.4 is 20.7 Å². The van der Waals surface area contributed by atoms with Crippen molar-refractivity contribution >= 4 is 28.2 Å². The highest BCUT2D eigenvalue weighted by molar-refractivity contribution is 5.96. The van der Waals surface area contributed by atoms with Crippen molar-refractivity contribution in [3.8, 4) is 0 Å². The molecule has 0 radical (unpaired) electrons. The molecule has 0 atom stereocenters. The smallest absolute Gasteiger partial charge is 0.250 e. The van der Waals surface area contributed by atoms with Crippen molar-refractivity contribution in [1.82, 2.24) is 0 Å². The van der Waals surface area contributed by atoms with Crippen molar-refractivity contribution < 1.29 is 0 Å². The minimum atomic E-state index is -0.337. The second-order valence-electron chi connectivity index (χ2n) is 9.05. The molecule has 0 aliphatic carbocycles. The SMILES string of the molecule is CCN1/C(=C\c2c(N3CCCCC3)c(=O)c2=O)C(C)(C)c2c1ccc1ccccc21. The van der Waals surface area contributed by atoms with E-state index in [-0.39, 0.29) is 16.3 Å². The second kappa shape index (κ2) is 6.83. The van der Waals surface area contributed by atoms with Crippen molar-refractivity contribution in [2.45, 2.75) is 45.4 Å². The van der Waals surface area contributed by atoms with Gasteiger partial charge in [-0.25, -0.2) is 0 Å². The van der Waals surface area contributed by atoms with Gasteiger partial charge in [0.2, 0.25) is 10.9 Å². The van der Waals surface area contributed by atoms with Gasteiger partial charge in [0.25, 0.3) is 0 Å². The Bertz CT molecular complexity index is 1240. The first-order valence-corrected chi connectivity index (χ1v) is 11.1. The normalized spacial score (nSPS) is 19.8. The lowest BCUT2D eigenvalue weighted by molar-refractivity contribution is 0.575. The van der Waals surface area contributed by atoms with E-state index in [1.165, 1.54) is 28.4 Å². The molecule has 2 heterocycles. The average molecular weight is 401 g/mol. The molecule has 0 saturated carbocycles. The van der Waals surface area contributed by atoms with Gasteiger partial charge in [-0.1, -0.05) is 44.2 Å². The minimum Gasteiger partial charge on any atom is -0.368 e. The van der Waals surface area contributed by atoms with Gasteiger partial charge in [-0.05, 0) is 54.7 Å². The third kappa shape index (κ3) is 2.59. The van der Waals surface area contributed by atoms with Gasteiger partial charge in [0.1, 0.15) is 5.69 Å². The molecule has 1 saturated heterocycles. The van der Waals surface area contributed by atoms with E-state index in [0.717, 1.165) is 38.2 Å². The van der Waals surface area contributed by atoms with Gasteiger partial charge >= 0.3 is 0 Å². The van der Waals surface area contributed by atoms with Crippen LogP contribution in [0.2, 0.25) is 0 Å². The zero-order valence-electron chi connectivity index (χ0n) is 18.0. The maximum Gasteiger partial charge on any atom is 0.250 e. The van der Waals surface area contributed by atoms with E-state index >= 15 is 0 Å². The molecule has 3 aromatic rings. The summed E-state index contributed by atoms with van der Waals surface area (Å²) in [4.78, 5) is 29.5. The Hall–Kier alpha value is -2.88. The lowest BCUT2D eigenvalue weighted by atomic mass is 9.80. The van der Waals surface area contributed by atoms with Crippen LogP contribution in [0.15, 0.2) is 51.7 Å². The molecule has 0 bridgehead atoms. The number of hydrogen-bond acceptors (Lipinski definition) is 4. The maximum atomic E-state index is 12.6. The molecule has 5 rings (SSSR count). The summed E-state index contributed by atoms with van der Waals surface area (Å²) in [6.45, 7) is 9.15. The van der Waals surface area contributed by atoms with Gasteiger partial charge in [-0.15, -0.1) is 0 Å².